The molecule has 1 rings (SSSR count). The second-order valence-electron chi connectivity index (χ2n) is 6.87. The molecule has 2 unspecified atom stereocenters. The predicted octanol–water partition coefficient (Wildman–Crippen LogP) is 2.38. The topological polar surface area (TPSA) is 41.6 Å². The Kier molecular flexibility index (Phi) is 5.02. The molecule has 1 fully saturated rings. The molecule has 19 heavy (non-hydrogen) atoms. The maximum absolute atomic E-state index is 12.7. The van der Waals surface area contributed by atoms with E-state index >= 15 is 0 Å². The lowest BCUT2D eigenvalue weighted by Crippen LogP contribution is -2.47. The van der Waals surface area contributed by atoms with Gasteiger partial charge >= 0.3 is 0 Å². The van der Waals surface area contributed by atoms with Gasteiger partial charge in [-0.05, 0) is 39.5 Å². The maximum atomic E-state index is 12.7. The molecule has 0 aliphatic carbocycles. The van der Waals surface area contributed by atoms with Crippen LogP contribution < -0.4 is 5.32 Å². The van der Waals surface area contributed by atoms with E-state index in [1.165, 1.54) is 0 Å². The Balaban J connectivity index is 2.92. The SMILES string of the molecule is CCC1(C)NC(CC(C)C)N(CC(C)(C)OC)C1=O. The van der Waals surface area contributed by atoms with Crippen LogP contribution in [0.2, 0.25) is 0 Å². The van der Waals surface area contributed by atoms with Crippen molar-refractivity contribution < 1.29 is 9.53 Å². The fourth-order valence-electron chi connectivity index (χ4n) is 2.51. The largest absolute Gasteiger partial charge is 0.377 e. The van der Waals surface area contributed by atoms with Gasteiger partial charge in [0.2, 0.25) is 5.91 Å². The quantitative estimate of drug-likeness (QED) is 0.806. The van der Waals surface area contributed by atoms with Crippen molar-refractivity contribution >= 4 is 5.91 Å². The van der Waals surface area contributed by atoms with Crippen molar-refractivity contribution in [1.82, 2.24) is 10.2 Å². The fraction of sp³-hybridized carbons (Fsp3) is 0.933. The molecule has 1 N–H and O–H groups in total. The monoisotopic (exact) mass is 270 g/mol. The molecule has 0 aromatic carbocycles. The molecule has 2 atom stereocenters. The lowest BCUT2D eigenvalue weighted by Gasteiger charge is -2.33. The first kappa shape index (κ1) is 16.4. The molecule has 4 heteroatoms. The Morgan fingerprint density at radius 2 is 2.05 bits per heavy atom. The summed E-state index contributed by atoms with van der Waals surface area (Å²) in [5, 5.41) is 3.52. The van der Waals surface area contributed by atoms with Crippen LogP contribution in [0.5, 0.6) is 0 Å². The number of nitrogens with one attached hydrogen (secondary N) is 1. The van der Waals surface area contributed by atoms with Gasteiger partial charge in [0.05, 0.1) is 23.9 Å². The van der Waals surface area contributed by atoms with Gasteiger partial charge < -0.3 is 9.64 Å². The standard InChI is InChI=1S/C15H30N2O2/c1-8-15(6)13(18)17(10-14(4,5)19-7)12(16-15)9-11(2)3/h11-12,16H,8-10H2,1-7H3. The van der Waals surface area contributed by atoms with Crippen molar-refractivity contribution in [3.8, 4) is 0 Å². The van der Waals surface area contributed by atoms with Crippen LogP contribution in [-0.2, 0) is 9.53 Å². The summed E-state index contributed by atoms with van der Waals surface area (Å²) in [5.74, 6) is 0.753. The molecule has 0 bridgehead atoms. The van der Waals surface area contributed by atoms with Gasteiger partial charge in [0, 0.05) is 7.11 Å². The third kappa shape index (κ3) is 3.69. The second-order valence-corrected chi connectivity index (χ2v) is 6.87. The lowest BCUT2D eigenvalue weighted by atomic mass is 9.99. The van der Waals surface area contributed by atoms with E-state index < -0.39 is 5.54 Å². The van der Waals surface area contributed by atoms with Crippen LogP contribution >= 0.6 is 0 Å². The Morgan fingerprint density at radius 3 is 2.47 bits per heavy atom. The van der Waals surface area contributed by atoms with Crippen molar-refractivity contribution in [2.24, 2.45) is 5.92 Å². The number of rotatable bonds is 6. The highest BCUT2D eigenvalue weighted by molar-refractivity contribution is 5.88. The van der Waals surface area contributed by atoms with Gasteiger partial charge in [0.25, 0.3) is 0 Å². The summed E-state index contributed by atoms with van der Waals surface area (Å²) >= 11 is 0. The number of ether oxygens (including phenoxy) is 1. The molecule has 1 heterocycles. The van der Waals surface area contributed by atoms with E-state index in [1.54, 1.807) is 7.11 Å². The molecular formula is C15H30N2O2. The van der Waals surface area contributed by atoms with E-state index in [0.29, 0.717) is 12.5 Å². The summed E-state index contributed by atoms with van der Waals surface area (Å²) in [6, 6.07) is 0. The molecule has 112 valence electrons. The normalized spacial score (nSPS) is 28.5. The molecule has 0 saturated carbocycles. The Morgan fingerprint density at radius 1 is 1.47 bits per heavy atom. The summed E-state index contributed by atoms with van der Waals surface area (Å²) in [7, 11) is 1.70. The molecule has 0 radical (unpaired) electrons. The predicted molar refractivity (Wildman–Crippen MR) is 77.9 cm³/mol. The number of methoxy groups -OCH3 is 1. The first-order valence-electron chi connectivity index (χ1n) is 7.29. The summed E-state index contributed by atoms with van der Waals surface area (Å²) in [6.07, 6.45) is 1.90. The minimum Gasteiger partial charge on any atom is -0.377 e. The van der Waals surface area contributed by atoms with Gasteiger partial charge in [-0.1, -0.05) is 20.8 Å². The van der Waals surface area contributed by atoms with Gasteiger partial charge in [-0.25, -0.2) is 0 Å². The van der Waals surface area contributed by atoms with Crippen LogP contribution in [0.1, 0.15) is 54.4 Å². The molecule has 4 nitrogen and oxygen atoms in total. The van der Waals surface area contributed by atoms with Gasteiger partial charge in [-0.15, -0.1) is 0 Å². The van der Waals surface area contributed by atoms with E-state index in [2.05, 4.69) is 26.1 Å². The Hall–Kier alpha value is -0.610. The first-order chi connectivity index (χ1) is 8.65. The highest BCUT2D eigenvalue weighted by Gasteiger charge is 2.47. The van der Waals surface area contributed by atoms with Crippen molar-refractivity contribution in [2.75, 3.05) is 13.7 Å². The van der Waals surface area contributed by atoms with Crippen LogP contribution in [-0.4, -0.2) is 41.8 Å². The smallest absolute Gasteiger partial charge is 0.243 e. The zero-order chi connectivity index (χ0) is 14.8. The van der Waals surface area contributed by atoms with E-state index in [-0.39, 0.29) is 17.7 Å². The highest BCUT2D eigenvalue weighted by Crippen LogP contribution is 2.28. The third-order valence-corrected chi connectivity index (χ3v) is 4.10. The van der Waals surface area contributed by atoms with Gasteiger partial charge in [-0.2, -0.15) is 0 Å². The molecular weight excluding hydrogens is 240 g/mol. The van der Waals surface area contributed by atoms with Crippen LogP contribution in [0.15, 0.2) is 0 Å². The molecule has 1 aliphatic heterocycles. The van der Waals surface area contributed by atoms with E-state index in [9.17, 15) is 4.79 Å². The number of carbonyl (C=O) groups is 1. The zero-order valence-corrected chi connectivity index (χ0v) is 13.5. The number of nitrogens with zero attached hydrogens (tertiary/aromatic N) is 1. The minimum absolute atomic E-state index is 0.117. The van der Waals surface area contributed by atoms with Crippen molar-refractivity contribution in [2.45, 2.75) is 71.7 Å². The van der Waals surface area contributed by atoms with Crippen LogP contribution in [0.25, 0.3) is 0 Å². The van der Waals surface area contributed by atoms with Crippen molar-refractivity contribution in [3.63, 3.8) is 0 Å². The number of hydrogen-bond acceptors (Lipinski definition) is 3. The van der Waals surface area contributed by atoms with Crippen LogP contribution in [0.3, 0.4) is 0 Å². The number of carbonyl (C=O) groups excluding carboxylic acids is 1. The summed E-state index contributed by atoms with van der Waals surface area (Å²) < 4.78 is 5.48. The average Bonchev–Trinajstić information content (AvgIpc) is 2.54. The zero-order valence-electron chi connectivity index (χ0n) is 13.5. The molecule has 0 spiro atoms. The molecule has 1 saturated heterocycles. The van der Waals surface area contributed by atoms with E-state index in [4.69, 9.17) is 4.74 Å². The highest BCUT2D eigenvalue weighted by atomic mass is 16.5. The first-order valence-corrected chi connectivity index (χ1v) is 7.29. The molecule has 1 aliphatic rings. The number of amides is 1. The summed E-state index contributed by atoms with van der Waals surface area (Å²) in [6.45, 7) is 13.1. The maximum Gasteiger partial charge on any atom is 0.243 e. The van der Waals surface area contributed by atoms with Gasteiger partial charge in [-0.3, -0.25) is 10.1 Å². The summed E-state index contributed by atoms with van der Waals surface area (Å²) in [4.78, 5) is 14.6. The van der Waals surface area contributed by atoms with E-state index in [1.807, 2.05) is 25.7 Å². The fourth-order valence-corrected chi connectivity index (χ4v) is 2.51. The van der Waals surface area contributed by atoms with Gasteiger partial charge in [0.1, 0.15) is 0 Å². The number of hydrogen-bond donors (Lipinski definition) is 1. The average molecular weight is 270 g/mol. The Bertz CT molecular complexity index is 328. The minimum atomic E-state index is -0.427. The third-order valence-electron chi connectivity index (χ3n) is 4.10. The molecule has 0 aromatic rings. The van der Waals surface area contributed by atoms with Gasteiger partial charge in [0.15, 0.2) is 0 Å². The molecule has 0 aromatic heterocycles. The van der Waals surface area contributed by atoms with Crippen LogP contribution in [0, 0.1) is 5.92 Å². The van der Waals surface area contributed by atoms with Crippen molar-refractivity contribution in [1.29, 1.82) is 0 Å². The summed E-state index contributed by atoms with van der Waals surface area (Å²) in [5.41, 5.74) is -0.741. The van der Waals surface area contributed by atoms with E-state index in [0.717, 1.165) is 12.8 Å². The Labute approximate surface area is 117 Å². The van der Waals surface area contributed by atoms with Crippen molar-refractivity contribution in [3.05, 3.63) is 0 Å². The lowest BCUT2D eigenvalue weighted by molar-refractivity contribution is -0.136. The van der Waals surface area contributed by atoms with Crippen LogP contribution in [0.4, 0.5) is 0 Å². The molecule has 1 amide bonds. The second kappa shape index (κ2) is 5.80.